The molecule has 0 N–H and O–H groups in total. The van der Waals surface area contributed by atoms with E-state index in [9.17, 15) is 0 Å². The zero-order valence-corrected chi connectivity index (χ0v) is 7.90. The van der Waals surface area contributed by atoms with Crippen LogP contribution in [0.4, 0.5) is 0 Å². The summed E-state index contributed by atoms with van der Waals surface area (Å²) in [5.74, 6) is 2.45. The van der Waals surface area contributed by atoms with Gasteiger partial charge in [0.05, 0.1) is 12.1 Å². The van der Waals surface area contributed by atoms with E-state index in [1.165, 1.54) is 17.9 Å². The molecule has 1 aliphatic heterocycles. The molecule has 2 nitrogen and oxygen atoms in total. The Morgan fingerprint density at radius 1 is 1.73 bits per heavy atom. The molecular weight excluding hydrogens is 156 g/mol. The van der Waals surface area contributed by atoms with Crippen LogP contribution in [0, 0.1) is 11.3 Å². The van der Waals surface area contributed by atoms with Crippen molar-refractivity contribution in [3.63, 3.8) is 0 Å². The molecular formula is C8H14N2S. The number of rotatable bonds is 2. The van der Waals surface area contributed by atoms with Gasteiger partial charge in [-0.1, -0.05) is 0 Å². The van der Waals surface area contributed by atoms with Crippen molar-refractivity contribution in [2.75, 3.05) is 18.6 Å². The van der Waals surface area contributed by atoms with E-state index < -0.39 is 0 Å². The summed E-state index contributed by atoms with van der Waals surface area (Å²) in [4.78, 5) is 2.18. The number of hydrogen-bond acceptors (Lipinski definition) is 3. The Hall–Kier alpha value is -0.200. The molecule has 0 bridgehead atoms. The fourth-order valence-corrected chi connectivity index (χ4v) is 2.53. The molecule has 0 saturated carbocycles. The van der Waals surface area contributed by atoms with Gasteiger partial charge >= 0.3 is 0 Å². The van der Waals surface area contributed by atoms with E-state index in [0.29, 0.717) is 6.04 Å². The molecule has 0 aromatic heterocycles. The Balaban J connectivity index is 2.40. The predicted molar refractivity (Wildman–Crippen MR) is 48.6 cm³/mol. The lowest BCUT2D eigenvalue weighted by molar-refractivity contribution is 0.235. The summed E-state index contributed by atoms with van der Waals surface area (Å²) in [5.41, 5.74) is 0. The maximum absolute atomic E-state index is 8.67. The second-order valence-electron chi connectivity index (χ2n) is 2.99. The second-order valence-corrected chi connectivity index (χ2v) is 4.14. The summed E-state index contributed by atoms with van der Waals surface area (Å²) in [7, 11) is 2.05. The van der Waals surface area contributed by atoms with Crippen molar-refractivity contribution in [1.29, 1.82) is 5.26 Å². The van der Waals surface area contributed by atoms with Gasteiger partial charge in [-0.3, -0.25) is 4.90 Å². The first-order valence-corrected chi connectivity index (χ1v) is 5.10. The van der Waals surface area contributed by atoms with Crippen molar-refractivity contribution in [3.05, 3.63) is 0 Å². The average molecular weight is 170 g/mol. The highest BCUT2D eigenvalue weighted by molar-refractivity contribution is 7.99. The Kier molecular flexibility index (Phi) is 3.22. The van der Waals surface area contributed by atoms with Gasteiger partial charge in [0, 0.05) is 11.8 Å². The number of thioether (sulfide) groups is 1. The van der Waals surface area contributed by atoms with Gasteiger partial charge in [-0.15, -0.1) is 0 Å². The number of nitrogens with zero attached hydrogens (tertiary/aromatic N) is 2. The summed E-state index contributed by atoms with van der Waals surface area (Å²) in [6, 6.07) is 2.96. The van der Waals surface area contributed by atoms with Crippen LogP contribution < -0.4 is 0 Å². The average Bonchev–Trinajstić information content (AvgIpc) is 2.53. The zero-order valence-electron chi connectivity index (χ0n) is 7.08. The molecule has 1 aliphatic rings. The Bertz CT molecular complexity index is 158. The van der Waals surface area contributed by atoms with Crippen molar-refractivity contribution in [2.45, 2.75) is 25.4 Å². The summed E-state index contributed by atoms with van der Waals surface area (Å²) in [6.45, 7) is 1.96. The molecule has 0 aromatic rings. The summed E-state index contributed by atoms with van der Waals surface area (Å²) < 4.78 is 0. The van der Waals surface area contributed by atoms with Gasteiger partial charge in [0.1, 0.15) is 0 Å². The second kappa shape index (κ2) is 3.99. The van der Waals surface area contributed by atoms with Crippen LogP contribution >= 0.6 is 11.8 Å². The Morgan fingerprint density at radius 3 is 2.91 bits per heavy atom. The largest absolute Gasteiger partial charge is 0.288 e. The molecule has 0 aliphatic carbocycles. The Morgan fingerprint density at radius 2 is 2.45 bits per heavy atom. The molecule has 1 heterocycles. The standard InChI is InChI=1S/C8H14N2S/c1-7(5-9)10(2)8-3-4-11-6-8/h7-8H,3-4,6H2,1-2H3. The molecule has 0 spiro atoms. The first-order valence-electron chi connectivity index (χ1n) is 3.95. The molecule has 62 valence electrons. The third kappa shape index (κ3) is 2.11. The quantitative estimate of drug-likeness (QED) is 0.625. The lowest BCUT2D eigenvalue weighted by Gasteiger charge is -2.25. The van der Waals surface area contributed by atoms with Crippen LogP contribution in [0.5, 0.6) is 0 Å². The Labute approximate surface area is 72.6 Å². The lowest BCUT2D eigenvalue weighted by Crippen LogP contribution is -2.37. The molecule has 2 unspecified atom stereocenters. The van der Waals surface area contributed by atoms with Crippen LogP contribution in [0.1, 0.15) is 13.3 Å². The number of hydrogen-bond donors (Lipinski definition) is 0. The predicted octanol–water partition coefficient (Wildman–Crippen LogP) is 1.34. The topological polar surface area (TPSA) is 27.0 Å². The van der Waals surface area contributed by atoms with Crippen LogP contribution in [-0.2, 0) is 0 Å². The van der Waals surface area contributed by atoms with Gasteiger partial charge < -0.3 is 0 Å². The normalized spacial score (nSPS) is 26.9. The maximum Gasteiger partial charge on any atom is 0.0949 e. The van der Waals surface area contributed by atoms with Crippen LogP contribution in [-0.4, -0.2) is 35.5 Å². The van der Waals surface area contributed by atoms with E-state index in [1.54, 1.807) is 0 Å². The smallest absolute Gasteiger partial charge is 0.0949 e. The van der Waals surface area contributed by atoms with Crippen LogP contribution in [0.3, 0.4) is 0 Å². The maximum atomic E-state index is 8.67. The minimum Gasteiger partial charge on any atom is -0.288 e. The van der Waals surface area contributed by atoms with Crippen molar-refractivity contribution >= 4 is 11.8 Å². The molecule has 11 heavy (non-hydrogen) atoms. The highest BCUT2D eigenvalue weighted by Gasteiger charge is 2.22. The fourth-order valence-electron chi connectivity index (χ4n) is 1.25. The molecule has 1 rings (SSSR count). The summed E-state index contributed by atoms with van der Waals surface area (Å²) >= 11 is 1.99. The van der Waals surface area contributed by atoms with E-state index in [1.807, 2.05) is 25.7 Å². The van der Waals surface area contributed by atoms with Crippen LogP contribution in [0.25, 0.3) is 0 Å². The van der Waals surface area contributed by atoms with Gasteiger partial charge in [-0.25, -0.2) is 0 Å². The van der Waals surface area contributed by atoms with Gasteiger partial charge in [0.15, 0.2) is 0 Å². The molecule has 0 amide bonds. The zero-order chi connectivity index (χ0) is 8.27. The van der Waals surface area contributed by atoms with Crippen molar-refractivity contribution in [2.24, 2.45) is 0 Å². The highest BCUT2D eigenvalue weighted by atomic mass is 32.2. The first kappa shape index (κ1) is 8.89. The molecule has 3 heteroatoms. The third-order valence-corrected chi connectivity index (χ3v) is 3.42. The summed E-state index contributed by atoms with van der Waals surface area (Å²) in [5, 5.41) is 8.67. The van der Waals surface area contributed by atoms with Crippen molar-refractivity contribution in [3.8, 4) is 6.07 Å². The minimum absolute atomic E-state index is 0.0682. The van der Waals surface area contributed by atoms with Crippen LogP contribution in [0.2, 0.25) is 0 Å². The van der Waals surface area contributed by atoms with E-state index in [2.05, 4.69) is 11.0 Å². The number of nitriles is 1. The molecule has 1 saturated heterocycles. The summed E-state index contributed by atoms with van der Waals surface area (Å²) in [6.07, 6.45) is 1.24. The van der Waals surface area contributed by atoms with Gasteiger partial charge in [-0.05, 0) is 26.1 Å². The minimum atomic E-state index is 0.0682. The monoisotopic (exact) mass is 170 g/mol. The van der Waals surface area contributed by atoms with E-state index >= 15 is 0 Å². The van der Waals surface area contributed by atoms with E-state index in [-0.39, 0.29) is 6.04 Å². The fraction of sp³-hybridized carbons (Fsp3) is 0.875. The van der Waals surface area contributed by atoms with E-state index in [4.69, 9.17) is 5.26 Å². The van der Waals surface area contributed by atoms with Crippen molar-refractivity contribution < 1.29 is 0 Å². The molecule has 2 atom stereocenters. The van der Waals surface area contributed by atoms with Gasteiger partial charge in [-0.2, -0.15) is 17.0 Å². The van der Waals surface area contributed by atoms with Gasteiger partial charge in [0.25, 0.3) is 0 Å². The van der Waals surface area contributed by atoms with E-state index in [0.717, 1.165) is 0 Å². The van der Waals surface area contributed by atoms with Gasteiger partial charge in [0.2, 0.25) is 0 Å². The van der Waals surface area contributed by atoms with Crippen LogP contribution in [0.15, 0.2) is 0 Å². The third-order valence-electron chi connectivity index (χ3n) is 2.28. The van der Waals surface area contributed by atoms with Crippen molar-refractivity contribution in [1.82, 2.24) is 4.90 Å². The molecule has 1 fully saturated rings. The molecule has 0 radical (unpaired) electrons. The highest BCUT2D eigenvalue weighted by Crippen LogP contribution is 2.22. The first-order chi connectivity index (χ1) is 5.25. The molecule has 0 aromatic carbocycles. The SMILES string of the molecule is CC(C#N)N(C)C1CCSC1. The lowest BCUT2D eigenvalue weighted by atomic mass is 10.2.